The van der Waals surface area contributed by atoms with Gasteiger partial charge >= 0.3 is 0 Å². The lowest BCUT2D eigenvalue weighted by Gasteiger charge is -2.30. The van der Waals surface area contributed by atoms with E-state index in [4.69, 9.17) is 5.73 Å². The average Bonchev–Trinajstić information content (AvgIpc) is 2.89. The molecule has 2 aromatic rings. The van der Waals surface area contributed by atoms with Gasteiger partial charge in [0.15, 0.2) is 0 Å². The van der Waals surface area contributed by atoms with Crippen LogP contribution in [0.3, 0.4) is 0 Å². The normalized spacial score (nSPS) is 14.8. The molecule has 0 aliphatic rings. The lowest BCUT2D eigenvalue weighted by molar-refractivity contribution is 0.207. The minimum atomic E-state index is 0.0656. The molecule has 0 saturated heterocycles. The van der Waals surface area contributed by atoms with Gasteiger partial charge < -0.3 is 10.3 Å². The molecule has 0 fully saturated rings. The van der Waals surface area contributed by atoms with Gasteiger partial charge in [-0.3, -0.25) is 4.90 Å². The summed E-state index contributed by atoms with van der Waals surface area (Å²) in [6.07, 6.45) is 3.79. The van der Waals surface area contributed by atoms with Crippen molar-refractivity contribution in [2.75, 3.05) is 7.05 Å². The van der Waals surface area contributed by atoms with E-state index < -0.39 is 0 Å². The van der Waals surface area contributed by atoms with Crippen LogP contribution in [0, 0.1) is 0 Å². The molecule has 6 heteroatoms. The Balaban J connectivity index is 2.18. The zero-order valence-corrected chi connectivity index (χ0v) is 13.8. The van der Waals surface area contributed by atoms with Crippen molar-refractivity contribution in [3.63, 3.8) is 0 Å². The molecule has 2 atom stereocenters. The summed E-state index contributed by atoms with van der Waals surface area (Å²) < 4.78 is 3.18. The second-order valence-corrected chi connectivity index (χ2v) is 7.31. The summed E-state index contributed by atoms with van der Waals surface area (Å²) >= 11 is 5.25. The Labute approximate surface area is 126 Å². The number of likely N-dealkylation sites (N-methyl/N-ethyl adjacent to an activating group) is 1. The number of hydrogen-bond donors (Lipinski definition) is 1. The second-order valence-electron chi connectivity index (χ2n) is 4.82. The van der Waals surface area contributed by atoms with Crippen molar-refractivity contribution in [3.05, 3.63) is 39.0 Å². The van der Waals surface area contributed by atoms with Gasteiger partial charge in [-0.05, 0) is 42.0 Å². The molecule has 2 aromatic heterocycles. The van der Waals surface area contributed by atoms with E-state index in [0.29, 0.717) is 0 Å². The Morgan fingerprint density at radius 3 is 2.74 bits per heavy atom. The van der Waals surface area contributed by atoms with Gasteiger partial charge in [0.1, 0.15) is 5.82 Å². The summed E-state index contributed by atoms with van der Waals surface area (Å²) in [7, 11) is 4.11. The molecule has 0 aliphatic carbocycles. The Kier molecular flexibility index (Phi) is 4.78. The number of halogens is 1. The highest BCUT2D eigenvalue weighted by Crippen LogP contribution is 2.32. The molecule has 0 aliphatic heterocycles. The molecule has 0 radical (unpaired) electrons. The molecule has 104 valence electrons. The number of aromatic nitrogens is 2. The van der Waals surface area contributed by atoms with Crippen LogP contribution >= 0.6 is 27.3 Å². The highest BCUT2D eigenvalue weighted by atomic mass is 79.9. The number of nitrogens with zero attached hydrogens (tertiary/aromatic N) is 3. The van der Waals surface area contributed by atoms with Gasteiger partial charge in [0.2, 0.25) is 0 Å². The monoisotopic (exact) mass is 342 g/mol. The van der Waals surface area contributed by atoms with Gasteiger partial charge in [-0.15, -0.1) is 11.3 Å². The van der Waals surface area contributed by atoms with E-state index in [0.717, 1.165) is 16.2 Å². The van der Waals surface area contributed by atoms with Crippen LogP contribution in [0.5, 0.6) is 0 Å². The molecule has 0 amide bonds. The predicted molar refractivity (Wildman–Crippen MR) is 83.1 cm³/mol. The Morgan fingerprint density at radius 1 is 1.53 bits per heavy atom. The van der Waals surface area contributed by atoms with Crippen molar-refractivity contribution in [1.82, 2.24) is 14.5 Å². The maximum Gasteiger partial charge on any atom is 0.122 e. The fraction of sp³-hybridized carbons (Fsp3) is 0.462. The van der Waals surface area contributed by atoms with Crippen molar-refractivity contribution in [3.8, 4) is 0 Å². The van der Waals surface area contributed by atoms with Crippen LogP contribution in [0.25, 0.3) is 0 Å². The summed E-state index contributed by atoms with van der Waals surface area (Å²) in [6.45, 7) is 2.83. The molecule has 2 rings (SSSR count). The Hall–Kier alpha value is -0.690. The maximum absolute atomic E-state index is 6.17. The third-order valence-electron chi connectivity index (χ3n) is 3.17. The van der Waals surface area contributed by atoms with Gasteiger partial charge in [-0.1, -0.05) is 0 Å². The highest BCUT2D eigenvalue weighted by Gasteiger charge is 2.23. The third kappa shape index (κ3) is 3.45. The summed E-state index contributed by atoms with van der Waals surface area (Å²) in [5, 5.41) is 0. The van der Waals surface area contributed by atoms with Crippen molar-refractivity contribution >= 4 is 27.3 Å². The smallest absolute Gasteiger partial charge is 0.122 e. The molecule has 0 bridgehead atoms. The lowest BCUT2D eigenvalue weighted by Crippen LogP contribution is -2.36. The lowest BCUT2D eigenvalue weighted by atomic mass is 10.1. The first kappa shape index (κ1) is 14.7. The first-order valence-corrected chi connectivity index (χ1v) is 7.77. The molecule has 19 heavy (non-hydrogen) atoms. The molecule has 2 unspecified atom stereocenters. The highest BCUT2D eigenvalue weighted by molar-refractivity contribution is 9.11. The molecule has 4 nitrogen and oxygen atoms in total. The van der Waals surface area contributed by atoms with Crippen molar-refractivity contribution in [2.24, 2.45) is 12.8 Å². The third-order valence-corrected chi connectivity index (χ3v) is 4.86. The first-order chi connectivity index (χ1) is 8.99. The quantitative estimate of drug-likeness (QED) is 0.908. The molecule has 2 N–H and O–H groups in total. The first-order valence-electron chi connectivity index (χ1n) is 6.16. The van der Waals surface area contributed by atoms with E-state index >= 15 is 0 Å². The summed E-state index contributed by atoms with van der Waals surface area (Å²) in [6, 6.07) is 4.48. The SMILES string of the molecule is CC(N)C(c1ccc(Br)s1)N(C)Cc1nccn1C. The van der Waals surface area contributed by atoms with Crippen LogP contribution in [0.1, 0.15) is 23.7 Å². The fourth-order valence-electron chi connectivity index (χ4n) is 2.24. The number of nitrogens with two attached hydrogens (primary N) is 1. The summed E-state index contributed by atoms with van der Waals surface area (Å²) in [4.78, 5) is 7.90. The summed E-state index contributed by atoms with van der Waals surface area (Å²) in [5.41, 5.74) is 6.17. The molecule has 2 heterocycles. The minimum absolute atomic E-state index is 0.0656. The van der Waals surface area contributed by atoms with Crippen LogP contribution in [-0.2, 0) is 13.6 Å². The maximum atomic E-state index is 6.17. The second kappa shape index (κ2) is 6.17. The van der Waals surface area contributed by atoms with Gasteiger partial charge in [0.05, 0.1) is 16.4 Å². The van der Waals surface area contributed by atoms with Crippen molar-refractivity contribution in [2.45, 2.75) is 25.6 Å². The predicted octanol–water partition coefficient (Wildman–Crippen LogP) is 2.76. The largest absolute Gasteiger partial charge is 0.337 e. The Morgan fingerprint density at radius 2 is 2.26 bits per heavy atom. The number of rotatable bonds is 5. The van der Waals surface area contributed by atoms with Crippen LogP contribution in [0.15, 0.2) is 28.3 Å². The average molecular weight is 343 g/mol. The van der Waals surface area contributed by atoms with Crippen LogP contribution in [-0.4, -0.2) is 27.5 Å². The van der Waals surface area contributed by atoms with E-state index in [9.17, 15) is 0 Å². The summed E-state index contributed by atoms with van der Waals surface area (Å²) in [5.74, 6) is 1.05. The van der Waals surface area contributed by atoms with Gasteiger partial charge in [-0.2, -0.15) is 0 Å². The standard InChI is InChI=1S/C13H19BrN4S/c1-9(15)13(10-4-5-11(14)19-10)18(3)8-12-16-6-7-17(12)2/h4-7,9,13H,8,15H2,1-3H3. The van der Waals surface area contributed by atoms with Crippen LogP contribution in [0.4, 0.5) is 0 Å². The number of aryl methyl sites for hydroxylation is 1. The van der Waals surface area contributed by atoms with Crippen LogP contribution < -0.4 is 5.73 Å². The molecular formula is C13H19BrN4S. The van der Waals surface area contributed by atoms with E-state index in [1.807, 2.05) is 30.9 Å². The van der Waals surface area contributed by atoms with E-state index in [1.54, 1.807) is 11.3 Å². The topological polar surface area (TPSA) is 47.1 Å². The van der Waals surface area contributed by atoms with Gasteiger partial charge in [0, 0.05) is 30.4 Å². The molecule has 0 saturated carbocycles. The molecule has 0 aromatic carbocycles. The fourth-order valence-corrected chi connectivity index (χ4v) is 3.94. The molecule has 0 spiro atoms. The Bertz CT molecular complexity index is 534. The van der Waals surface area contributed by atoms with Crippen molar-refractivity contribution < 1.29 is 0 Å². The van der Waals surface area contributed by atoms with E-state index in [1.165, 1.54) is 4.88 Å². The van der Waals surface area contributed by atoms with Crippen molar-refractivity contribution in [1.29, 1.82) is 0 Å². The number of hydrogen-bond acceptors (Lipinski definition) is 4. The van der Waals surface area contributed by atoms with E-state index in [2.05, 4.69) is 45.0 Å². The van der Waals surface area contributed by atoms with Gasteiger partial charge in [-0.25, -0.2) is 4.98 Å². The number of thiophene rings is 1. The zero-order valence-electron chi connectivity index (χ0n) is 11.4. The number of imidazole rings is 1. The minimum Gasteiger partial charge on any atom is -0.337 e. The molecular weight excluding hydrogens is 324 g/mol. The van der Waals surface area contributed by atoms with Gasteiger partial charge in [0.25, 0.3) is 0 Å². The van der Waals surface area contributed by atoms with Crippen LogP contribution in [0.2, 0.25) is 0 Å². The van der Waals surface area contributed by atoms with E-state index in [-0.39, 0.29) is 12.1 Å². The zero-order chi connectivity index (χ0) is 14.0.